The van der Waals surface area contributed by atoms with E-state index in [9.17, 15) is 9.18 Å². The van der Waals surface area contributed by atoms with E-state index in [0.29, 0.717) is 18.7 Å². The summed E-state index contributed by atoms with van der Waals surface area (Å²) < 4.78 is 17.7. The number of halogens is 2. The molecule has 0 radical (unpaired) electrons. The van der Waals surface area contributed by atoms with Gasteiger partial charge in [-0.2, -0.15) is 0 Å². The van der Waals surface area contributed by atoms with E-state index in [-0.39, 0.29) is 18.9 Å². The smallest absolute Gasteiger partial charge is 0.326 e. The van der Waals surface area contributed by atoms with E-state index >= 15 is 0 Å². The molecule has 0 aromatic heterocycles. The van der Waals surface area contributed by atoms with Crippen LogP contribution >= 0.6 is 11.6 Å². The number of nitrogens with one attached hydrogen (secondary N) is 1. The molecule has 0 aliphatic carbocycles. The monoisotopic (exact) mass is 223 g/mol. The van der Waals surface area contributed by atoms with Crippen LogP contribution in [0.5, 0.6) is 0 Å². The van der Waals surface area contributed by atoms with Crippen LogP contribution in [-0.4, -0.2) is 37.2 Å². The number of alkyl halides is 2. The van der Waals surface area contributed by atoms with Crippen LogP contribution in [0, 0.1) is 0 Å². The fraction of sp³-hybridized carbons (Fsp3) is 0.889. The maximum Gasteiger partial charge on any atom is 0.326 e. The molecule has 0 aromatic rings. The zero-order valence-electron chi connectivity index (χ0n) is 8.19. The highest BCUT2D eigenvalue weighted by Gasteiger charge is 2.45. The lowest BCUT2D eigenvalue weighted by Crippen LogP contribution is -2.48. The van der Waals surface area contributed by atoms with Gasteiger partial charge in [-0.15, -0.1) is 11.6 Å². The van der Waals surface area contributed by atoms with Crippen LogP contribution in [0.3, 0.4) is 0 Å². The molecule has 1 aliphatic rings. The molecule has 82 valence electrons. The van der Waals surface area contributed by atoms with Gasteiger partial charge in [0.25, 0.3) is 0 Å². The standard InChI is InChI=1S/C9H15ClFNO2/c1-14-8(13)9(3-2-4-10)5-7(11)6-12-9/h7,12H,2-6H2,1H3/t7-,9+/m0/s1. The van der Waals surface area contributed by atoms with Crippen molar-refractivity contribution in [2.45, 2.75) is 31.0 Å². The summed E-state index contributed by atoms with van der Waals surface area (Å²) in [7, 11) is 1.32. The van der Waals surface area contributed by atoms with Gasteiger partial charge in [0.15, 0.2) is 0 Å². The van der Waals surface area contributed by atoms with Crippen molar-refractivity contribution in [3.63, 3.8) is 0 Å². The lowest BCUT2D eigenvalue weighted by atomic mass is 9.91. The van der Waals surface area contributed by atoms with Crippen molar-refractivity contribution < 1.29 is 13.9 Å². The van der Waals surface area contributed by atoms with E-state index in [1.54, 1.807) is 0 Å². The Morgan fingerprint density at radius 1 is 1.79 bits per heavy atom. The van der Waals surface area contributed by atoms with Crippen molar-refractivity contribution in [2.24, 2.45) is 0 Å². The first-order valence-corrected chi connectivity index (χ1v) is 5.21. The van der Waals surface area contributed by atoms with Crippen molar-refractivity contribution in [3.8, 4) is 0 Å². The summed E-state index contributed by atoms with van der Waals surface area (Å²) in [5, 5.41) is 2.90. The van der Waals surface area contributed by atoms with Gasteiger partial charge in [0, 0.05) is 18.8 Å². The number of rotatable bonds is 4. The molecular weight excluding hydrogens is 209 g/mol. The largest absolute Gasteiger partial charge is 0.468 e. The third kappa shape index (κ3) is 2.36. The Hall–Kier alpha value is -0.350. The molecule has 1 aliphatic heterocycles. The minimum Gasteiger partial charge on any atom is -0.468 e. The number of esters is 1. The molecule has 3 nitrogen and oxygen atoms in total. The third-order valence-electron chi connectivity index (χ3n) is 2.55. The SMILES string of the molecule is COC(=O)[C@@]1(CCCCl)C[C@H](F)CN1. The minimum absolute atomic E-state index is 0.191. The first-order valence-electron chi connectivity index (χ1n) is 4.68. The van der Waals surface area contributed by atoms with Crippen molar-refractivity contribution in [1.82, 2.24) is 5.32 Å². The molecule has 1 rings (SSSR count). The lowest BCUT2D eigenvalue weighted by Gasteiger charge is -2.25. The molecular formula is C9H15ClFNO2. The summed E-state index contributed by atoms with van der Waals surface area (Å²) >= 11 is 5.55. The van der Waals surface area contributed by atoms with E-state index in [1.807, 2.05) is 0 Å². The fourth-order valence-electron chi connectivity index (χ4n) is 1.84. The lowest BCUT2D eigenvalue weighted by molar-refractivity contribution is -0.148. The number of methoxy groups -OCH3 is 1. The number of ether oxygens (including phenoxy) is 1. The molecule has 0 bridgehead atoms. The highest BCUT2D eigenvalue weighted by Crippen LogP contribution is 2.28. The molecule has 0 saturated carbocycles. The zero-order valence-corrected chi connectivity index (χ0v) is 8.94. The van der Waals surface area contributed by atoms with Crippen molar-refractivity contribution in [3.05, 3.63) is 0 Å². The quantitative estimate of drug-likeness (QED) is 0.576. The van der Waals surface area contributed by atoms with Crippen LogP contribution in [0.4, 0.5) is 4.39 Å². The topological polar surface area (TPSA) is 38.3 Å². The Morgan fingerprint density at radius 3 is 2.93 bits per heavy atom. The molecule has 1 heterocycles. The van der Waals surface area contributed by atoms with E-state index in [4.69, 9.17) is 11.6 Å². The molecule has 0 unspecified atom stereocenters. The maximum atomic E-state index is 13.0. The van der Waals surface area contributed by atoms with Gasteiger partial charge >= 0.3 is 5.97 Å². The molecule has 1 N–H and O–H groups in total. The molecule has 0 aromatic carbocycles. The van der Waals surface area contributed by atoms with E-state index in [1.165, 1.54) is 7.11 Å². The predicted octanol–water partition coefficient (Wildman–Crippen LogP) is 1.25. The number of hydrogen-bond donors (Lipinski definition) is 1. The Labute approximate surface area is 87.9 Å². The maximum absolute atomic E-state index is 13.0. The Balaban J connectivity index is 2.65. The van der Waals surface area contributed by atoms with Crippen LogP contribution < -0.4 is 5.32 Å². The summed E-state index contributed by atoms with van der Waals surface area (Å²) in [5.74, 6) is 0.0833. The van der Waals surface area contributed by atoms with Crippen LogP contribution in [0.1, 0.15) is 19.3 Å². The average molecular weight is 224 g/mol. The summed E-state index contributed by atoms with van der Waals surface area (Å²) in [6, 6.07) is 0. The molecule has 14 heavy (non-hydrogen) atoms. The van der Waals surface area contributed by atoms with Crippen LogP contribution in [0.2, 0.25) is 0 Å². The summed E-state index contributed by atoms with van der Waals surface area (Å²) in [6.07, 6.45) is 0.431. The van der Waals surface area contributed by atoms with Crippen LogP contribution in [0.25, 0.3) is 0 Å². The second-order valence-corrected chi connectivity index (χ2v) is 3.93. The van der Waals surface area contributed by atoms with Gasteiger partial charge in [-0.25, -0.2) is 4.39 Å². The van der Waals surface area contributed by atoms with Gasteiger partial charge in [0.1, 0.15) is 11.7 Å². The number of hydrogen-bond acceptors (Lipinski definition) is 3. The highest BCUT2D eigenvalue weighted by atomic mass is 35.5. The zero-order chi connectivity index (χ0) is 10.6. The summed E-state index contributed by atoms with van der Waals surface area (Å²) in [4.78, 5) is 11.5. The average Bonchev–Trinajstić information content (AvgIpc) is 2.57. The van der Waals surface area contributed by atoms with E-state index in [2.05, 4.69) is 10.1 Å². The summed E-state index contributed by atoms with van der Waals surface area (Å²) in [6.45, 7) is 0.220. The first-order chi connectivity index (χ1) is 6.64. The number of carbonyl (C=O) groups is 1. The molecule has 5 heteroatoms. The molecule has 2 atom stereocenters. The summed E-state index contributed by atoms with van der Waals surface area (Å²) in [5.41, 5.74) is -0.844. The molecule has 1 saturated heterocycles. The van der Waals surface area contributed by atoms with Gasteiger partial charge in [-0.1, -0.05) is 0 Å². The number of carbonyl (C=O) groups excluding carboxylic acids is 1. The Bertz CT molecular complexity index is 215. The third-order valence-corrected chi connectivity index (χ3v) is 2.81. The van der Waals surface area contributed by atoms with Crippen molar-refractivity contribution >= 4 is 17.6 Å². The van der Waals surface area contributed by atoms with Crippen LogP contribution in [0.15, 0.2) is 0 Å². The predicted molar refractivity (Wildman–Crippen MR) is 52.2 cm³/mol. The normalized spacial score (nSPS) is 31.8. The second kappa shape index (κ2) is 4.94. The van der Waals surface area contributed by atoms with E-state index in [0.717, 1.165) is 0 Å². The molecule has 1 fully saturated rings. The molecule has 0 spiro atoms. The Morgan fingerprint density at radius 2 is 2.50 bits per heavy atom. The van der Waals surface area contributed by atoms with Gasteiger partial charge in [-0.05, 0) is 12.8 Å². The second-order valence-electron chi connectivity index (χ2n) is 3.55. The molecule has 0 amide bonds. The first kappa shape index (κ1) is 11.7. The highest BCUT2D eigenvalue weighted by molar-refractivity contribution is 6.17. The fourth-order valence-corrected chi connectivity index (χ4v) is 1.97. The van der Waals surface area contributed by atoms with Crippen LogP contribution in [-0.2, 0) is 9.53 Å². The van der Waals surface area contributed by atoms with Gasteiger partial charge in [0.2, 0.25) is 0 Å². The van der Waals surface area contributed by atoms with Gasteiger partial charge in [0.05, 0.1) is 7.11 Å². The van der Waals surface area contributed by atoms with Crippen molar-refractivity contribution in [1.29, 1.82) is 0 Å². The minimum atomic E-state index is -0.968. The van der Waals surface area contributed by atoms with Crippen molar-refractivity contribution in [2.75, 3.05) is 19.5 Å². The Kier molecular flexibility index (Phi) is 4.13. The van der Waals surface area contributed by atoms with Gasteiger partial charge < -0.3 is 4.74 Å². The van der Waals surface area contributed by atoms with Gasteiger partial charge in [-0.3, -0.25) is 10.1 Å². The van der Waals surface area contributed by atoms with E-state index < -0.39 is 11.7 Å².